The van der Waals surface area contributed by atoms with E-state index in [2.05, 4.69) is 33.1 Å². The number of hydrazone groups is 1. The first-order valence-electron chi connectivity index (χ1n) is 9.68. The van der Waals surface area contributed by atoms with E-state index in [1.807, 2.05) is 26.0 Å². The van der Waals surface area contributed by atoms with Crippen molar-refractivity contribution in [2.24, 2.45) is 5.10 Å². The molecule has 2 aromatic rings. The third-order valence-electron chi connectivity index (χ3n) is 3.97. The molecule has 0 saturated heterocycles. The average molecular weight is 526 g/mol. The number of ether oxygens (including phenoxy) is 4. The lowest BCUT2D eigenvalue weighted by Gasteiger charge is -2.13. The van der Waals surface area contributed by atoms with Gasteiger partial charge in [0.1, 0.15) is 0 Å². The van der Waals surface area contributed by atoms with Crippen molar-refractivity contribution in [2.75, 3.05) is 27.4 Å². The SMILES string of the molecule is CCCOc1ccc(C(=O)N/N=C/c2cc(I)c(OCCC)c(OC)c2)cc1OC. The molecule has 0 aliphatic heterocycles. The number of methoxy groups -OCH3 is 2. The number of carbonyl (C=O) groups is 1. The van der Waals surface area contributed by atoms with Gasteiger partial charge >= 0.3 is 0 Å². The molecule has 2 rings (SSSR count). The van der Waals surface area contributed by atoms with E-state index in [1.165, 1.54) is 7.11 Å². The van der Waals surface area contributed by atoms with Gasteiger partial charge in [-0.25, -0.2) is 5.43 Å². The number of hydrogen-bond acceptors (Lipinski definition) is 6. The summed E-state index contributed by atoms with van der Waals surface area (Å²) >= 11 is 2.19. The summed E-state index contributed by atoms with van der Waals surface area (Å²) in [7, 11) is 3.13. The maximum absolute atomic E-state index is 12.4. The third-order valence-corrected chi connectivity index (χ3v) is 4.77. The largest absolute Gasteiger partial charge is 0.493 e. The molecule has 2 aromatic carbocycles. The van der Waals surface area contributed by atoms with Gasteiger partial charge < -0.3 is 18.9 Å². The Hall–Kier alpha value is -2.49. The molecule has 1 amide bonds. The van der Waals surface area contributed by atoms with Crippen LogP contribution >= 0.6 is 22.6 Å². The quantitative estimate of drug-likeness (QED) is 0.262. The van der Waals surface area contributed by atoms with E-state index in [-0.39, 0.29) is 5.91 Å². The highest BCUT2D eigenvalue weighted by Gasteiger charge is 2.12. The molecule has 0 aliphatic carbocycles. The minimum atomic E-state index is -0.351. The standard InChI is InChI=1S/C22H27IN2O5/c1-5-9-29-18-8-7-16(13-19(18)27-3)22(26)25-24-14-15-11-17(23)21(30-10-6-2)20(12-15)28-4/h7-8,11-14H,5-6,9-10H2,1-4H3,(H,25,26)/b24-14+. The molecule has 8 heteroatoms. The molecular formula is C22H27IN2O5. The van der Waals surface area contributed by atoms with Gasteiger partial charge in [0, 0.05) is 5.56 Å². The van der Waals surface area contributed by atoms with Gasteiger partial charge in [-0.1, -0.05) is 13.8 Å². The van der Waals surface area contributed by atoms with Gasteiger partial charge in [-0.3, -0.25) is 4.79 Å². The molecule has 0 aliphatic rings. The number of amides is 1. The number of nitrogens with zero attached hydrogens (tertiary/aromatic N) is 1. The minimum absolute atomic E-state index is 0.351. The van der Waals surface area contributed by atoms with E-state index in [9.17, 15) is 4.79 Å². The highest BCUT2D eigenvalue weighted by Crippen LogP contribution is 2.33. The molecule has 0 bridgehead atoms. The zero-order valence-electron chi connectivity index (χ0n) is 17.7. The Balaban J connectivity index is 2.09. The Morgan fingerprint density at radius 1 is 1.00 bits per heavy atom. The number of carbonyl (C=O) groups excluding carboxylic acids is 1. The Morgan fingerprint density at radius 3 is 2.37 bits per heavy atom. The van der Waals surface area contributed by atoms with Crippen LogP contribution in [0.1, 0.15) is 42.6 Å². The fraction of sp³-hybridized carbons (Fsp3) is 0.364. The summed E-state index contributed by atoms with van der Waals surface area (Å²) in [6.45, 7) is 5.26. The summed E-state index contributed by atoms with van der Waals surface area (Å²) in [6, 6.07) is 8.74. The van der Waals surface area contributed by atoms with Gasteiger partial charge in [0.2, 0.25) is 0 Å². The lowest BCUT2D eigenvalue weighted by atomic mass is 10.2. The summed E-state index contributed by atoms with van der Waals surface area (Å²) in [5, 5.41) is 4.06. The van der Waals surface area contributed by atoms with Gasteiger partial charge in [-0.05, 0) is 71.3 Å². The maximum Gasteiger partial charge on any atom is 0.271 e. The van der Waals surface area contributed by atoms with Crippen LogP contribution in [0.3, 0.4) is 0 Å². The highest BCUT2D eigenvalue weighted by molar-refractivity contribution is 14.1. The third kappa shape index (κ3) is 6.51. The number of rotatable bonds is 11. The number of benzene rings is 2. The maximum atomic E-state index is 12.4. The predicted octanol–water partition coefficient (Wildman–Crippen LogP) is 4.65. The molecule has 0 unspecified atom stereocenters. The number of nitrogens with one attached hydrogen (secondary N) is 1. The highest BCUT2D eigenvalue weighted by atomic mass is 127. The van der Waals surface area contributed by atoms with Crippen molar-refractivity contribution in [1.29, 1.82) is 0 Å². The lowest BCUT2D eigenvalue weighted by molar-refractivity contribution is 0.0954. The van der Waals surface area contributed by atoms with Crippen molar-refractivity contribution < 1.29 is 23.7 Å². The van der Waals surface area contributed by atoms with Crippen LogP contribution in [0.2, 0.25) is 0 Å². The van der Waals surface area contributed by atoms with Crippen molar-refractivity contribution in [3.63, 3.8) is 0 Å². The fourth-order valence-corrected chi connectivity index (χ4v) is 3.31. The molecule has 0 heterocycles. The van der Waals surface area contributed by atoms with E-state index in [4.69, 9.17) is 18.9 Å². The molecule has 1 N–H and O–H groups in total. The van der Waals surface area contributed by atoms with Gasteiger partial charge in [0.25, 0.3) is 5.91 Å². The second-order valence-corrected chi connectivity index (χ2v) is 7.46. The Kier molecular flexibility index (Phi) is 9.72. The second kappa shape index (κ2) is 12.3. The minimum Gasteiger partial charge on any atom is -0.493 e. The lowest BCUT2D eigenvalue weighted by Crippen LogP contribution is -2.17. The molecule has 0 aromatic heterocycles. The van der Waals surface area contributed by atoms with Crippen LogP contribution in [0, 0.1) is 3.57 Å². The van der Waals surface area contributed by atoms with Crippen LogP contribution in [0.5, 0.6) is 23.0 Å². The van der Waals surface area contributed by atoms with Crippen molar-refractivity contribution in [3.05, 3.63) is 45.0 Å². The molecule has 0 fully saturated rings. The summed E-state index contributed by atoms with van der Waals surface area (Å²) in [6.07, 6.45) is 3.35. The Bertz CT molecular complexity index is 886. The van der Waals surface area contributed by atoms with E-state index in [1.54, 1.807) is 31.5 Å². The van der Waals surface area contributed by atoms with E-state index < -0.39 is 0 Å². The average Bonchev–Trinajstić information content (AvgIpc) is 2.76. The molecule has 0 atom stereocenters. The van der Waals surface area contributed by atoms with Crippen molar-refractivity contribution in [2.45, 2.75) is 26.7 Å². The van der Waals surface area contributed by atoms with E-state index >= 15 is 0 Å². The van der Waals surface area contributed by atoms with Crippen LogP contribution in [0.15, 0.2) is 35.4 Å². The fourth-order valence-electron chi connectivity index (χ4n) is 2.53. The molecular weight excluding hydrogens is 499 g/mol. The van der Waals surface area contributed by atoms with E-state index in [0.717, 1.165) is 22.0 Å². The van der Waals surface area contributed by atoms with Crippen molar-refractivity contribution in [3.8, 4) is 23.0 Å². The van der Waals surface area contributed by atoms with Crippen LogP contribution in [0.25, 0.3) is 0 Å². The zero-order chi connectivity index (χ0) is 21.9. The molecule has 162 valence electrons. The van der Waals surface area contributed by atoms with Crippen LogP contribution in [-0.4, -0.2) is 39.6 Å². The van der Waals surface area contributed by atoms with Crippen LogP contribution in [-0.2, 0) is 0 Å². The first-order chi connectivity index (χ1) is 14.5. The van der Waals surface area contributed by atoms with Crippen LogP contribution < -0.4 is 24.4 Å². The number of halogens is 1. The Labute approximate surface area is 190 Å². The predicted molar refractivity (Wildman–Crippen MR) is 125 cm³/mol. The van der Waals surface area contributed by atoms with Crippen molar-refractivity contribution in [1.82, 2.24) is 5.43 Å². The van der Waals surface area contributed by atoms with Gasteiger partial charge in [0.15, 0.2) is 23.0 Å². The first kappa shape index (κ1) is 23.8. The smallest absolute Gasteiger partial charge is 0.271 e. The monoisotopic (exact) mass is 526 g/mol. The normalized spacial score (nSPS) is 10.7. The summed E-state index contributed by atoms with van der Waals surface area (Å²) < 4.78 is 23.0. The molecule has 0 radical (unpaired) electrons. The summed E-state index contributed by atoms with van der Waals surface area (Å²) in [4.78, 5) is 12.4. The Morgan fingerprint density at radius 2 is 1.70 bits per heavy atom. The van der Waals surface area contributed by atoms with Gasteiger partial charge in [0.05, 0.1) is 37.2 Å². The van der Waals surface area contributed by atoms with Crippen LogP contribution in [0.4, 0.5) is 0 Å². The van der Waals surface area contributed by atoms with Gasteiger partial charge in [-0.2, -0.15) is 5.10 Å². The number of hydrogen-bond donors (Lipinski definition) is 1. The molecule has 30 heavy (non-hydrogen) atoms. The molecule has 7 nitrogen and oxygen atoms in total. The zero-order valence-corrected chi connectivity index (χ0v) is 19.8. The first-order valence-corrected chi connectivity index (χ1v) is 10.8. The summed E-state index contributed by atoms with van der Waals surface area (Å²) in [5.74, 6) is 2.08. The van der Waals surface area contributed by atoms with Gasteiger partial charge in [-0.15, -0.1) is 0 Å². The van der Waals surface area contributed by atoms with Crippen molar-refractivity contribution >= 4 is 34.7 Å². The summed E-state index contributed by atoms with van der Waals surface area (Å²) in [5.41, 5.74) is 3.73. The topological polar surface area (TPSA) is 78.4 Å². The molecule has 0 saturated carbocycles. The van der Waals surface area contributed by atoms with E-state index in [0.29, 0.717) is 41.8 Å². The molecule has 0 spiro atoms. The second-order valence-electron chi connectivity index (χ2n) is 6.30.